The van der Waals surface area contributed by atoms with Gasteiger partial charge in [0.25, 0.3) is 0 Å². The number of rotatable bonds is 5. The lowest BCUT2D eigenvalue weighted by Gasteiger charge is -2.14. The molecule has 0 bridgehead atoms. The second-order valence-electron chi connectivity index (χ2n) is 3.65. The van der Waals surface area contributed by atoms with Crippen molar-refractivity contribution in [3.05, 3.63) is 25.3 Å². The average molecular weight is 208 g/mol. The van der Waals surface area contributed by atoms with Gasteiger partial charge in [0.2, 0.25) is 0 Å². The van der Waals surface area contributed by atoms with Crippen LogP contribution in [0.5, 0.6) is 0 Å². The number of hydrogen-bond acceptors (Lipinski definition) is 3. The summed E-state index contributed by atoms with van der Waals surface area (Å²) in [6, 6.07) is 0. The maximum atomic E-state index is 11.6. The fourth-order valence-electron chi connectivity index (χ4n) is 1.65. The lowest BCUT2D eigenvalue weighted by Crippen LogP contribution is -2.25. The van der Waals surface area contributed by atoms with Gasteiger partial charge < -0.3 is 4.74 Å². The Morgan fingerprint density at radius 3 is 2.80 bits per heavy atom. The molecule has 0 aromatic heterocycles. The van der Waals surface area contributed by atoms with Crippen LogP contribution in [0, 0.1) is 5.92 Å². The van der Waals surface area contributed by atoms with E-state index in [9.17, 15) is 9.59 Å². The van der Waals surface area contributed by atoms with Crippen molar-refractivity contribution in [2.45, 2.75) is 31.8 Å². The molecule has 0 saturated heterocycles. The summed E-state index contributed by atoms with van der Waals surface area (Å²) in [4.78, 5) is 22.9. The molecular weight excluding hydrogens is 192 g/mol. The Morgan fingerprint density at radius 1 is 1.60 bits per heavy atom. The molecule has 3 nitrogen and oxygen atoms in total. The molecule has 2 atom stereocenters. The molecule has 0 aliphatic heterocycles. The van der Waals surface area contributed by atoms with Crippen LogP contribution in [0.3, 0.4) is 0 Å². The molecule has 15 heavy (non-hydrogen) atoms. The van der Waals surface area contributed by atoms with Crippen LogP contribution in [-0.2, 0) is 14.3 Å². The third-order valence-corrected chi connectivity index (χ3v) is 2.52. The van der Waals surface area contributed by atoms with Crippen molar-refractivity contribution in [2.24, 2.45) is 5.92 Å². The Hall–Kier alpha value is -1.38. The van der Waals surface area contributed by atoms with E-state index < -0.39 is 11.9 Å². The predicted molar refractivity (Wildman–Crippen MR) is 57.2 cm³/mol. The SMILES string of the molecule is C=CCC(C=C)OC(=O)C1CCCC1=O. The molecule has 2 unspecified atom stereocenters. The molecular formula is C12H16O3. The van der Waals surface area contributed by atoms with Crippen molar-refractivity contribution in [3.63, 3.8) is 0 Å². The minimum Gasteiger partial charge on any atom is -0.457 e. The molecule has 1 aliphatic carbocycles. The number of ketones is 1. The van der Waals surface area contributed by atoms with Gasteiger partial charge >= 0.3 is 5.97 Å². The van der Waals surface area contributed by atoms with E-state index >= 15 is 0 Å². The summed E-state index contributed by atoms with van der Waals surface area (Å²) in [5, 5.41) is 0. The first kappa shape index (κ1) is 11.7. The first-order valence-electron chi connectivity index (χ1n) is 5.15. The van der Waals surface area contributed by atoms with Gasteiger partial charge in [-0.2, -0.15) is 0 Å². The number of carbonyl (C=O) groups is 2. The molecule has 82 valence electrons. The zero-order valence-corrected chi connectivity index (χ0v) is 8.78. The topological polar surface area (TPSA) is 43.4 Å². The van der Waals surface area contributed by atoms with Crippen LogP contribution in [0.25, 0.3) is 0 Å². The smallest absolute Gasteiger partial charge is 0.317 e. The van der Waals surface area contributed by atoms with Gasteiger partial charge in [0.05, 0.1) is 0 Å². The van der Waals surface area contributed by atoms with Gasteiger partial charge in [-0.3, -0.25) is 9.59 Å². The van der Waals surface area contributed by atoms with Gasteiger partial charge in [-0.1, -0.05) is 18.7 Å². The highest BCUT2D eigenvalue weighted by Crippen LogP contribution is 2.23. The van der Waals surface area contributed by atoms with E-state index in [0.29, 0.717) is 19.3 Å². The summed E-state index contributed by atoms with van der Waals surface area (Å²) in [6.45, 7) is 7.13. The second kappa shape index (κ2) is 5.49. The molecule has 0 radical (unpaired) electrons. The molecule has 1 rings (SSSR count). The average Bonchev–Trinajstić information content (AvgIpc) is 2.63. The van der Waals surface area contributed by atoms with Gasteiger partial charge in [-0.25, -0.2) is 0 Å². The van der Waals surface area contributed by atoms with Gasteiger partial charge in [0.1, 0.15) is 17.8 Å². The summed E-state index contributed by atoms with van der Waals surface area (Å²) in [7, 11) is 0. The highest BCUT2D eigenvalue weighted by Gasteiger charge is 2.33. The predicted octanol–water partition coefficient (Wildman–Crippen LogP) is 2.03. The monoisotopic (exact) mass is 208 g/mol. The van der Waals surface area contributed by atoms with Crippen molar-refractivity contribution < 1.29 is 14.3 Å². The van der Waals surface area contributed by atoms with Crippen LogP contribution in [0.15, 0.2) is 25.3 Å². The van der Waals surface area contributed by atoms with Crippen LogP contribution in [0.4, 0.5) is 0 Å². The molecule has 0 heterocycles. The van der Waals surface area contributed by atoms with E-state index in [1.54, 1.807) is 12.2 Å². The summed E-state index contributed by atoms with van der Waals surface area (Å²) in [5.74, 6) is -0.956. The first-order valence-corrected chi connectivity index (χ1v) is 5.15. The summed E-state index contributed by atoms with van der Waals surface area (Å²) >= 11 is 0. The molecule has 0 amide bonds. The standard InChI is InChI=1S/C12H16O3/c1-3-6-9(4-2)15-12(14)10-7-5-8-11(10)13/h3-4,9-10H,1-2,5-8H2. The Morgan fingerprint density at radius 2 is 2.33 bits per heavy atom. The van der Waals surface area contributed by atoms with Gasteiger partial charge in [0.15, 0.2) is 0 Å². The van der Waals surface area contributed by atoms with Crippen molar-refractivity contribution in [3.8, 4) is 0 Å². The third kappa shape index (κ3) is 3.05. The quantitative estimate of drug-likeness (QED) is 0.394. The summed E-state index contributed by atoms with van der Waals surface area (Å²) in [6.07, 6.45) is 5.31. The maximum Gasteiger partial charge on any atom is 0.317 e. The minimum atomic E-state index is -0.544. The van der Waals surface area contributed by atoms with Crippen molar-refractivity contribution in [1.29, 1.82) is 0 Å². The number of Topliss-reactive ketones (excluding diaryl/α,β-unsaturated/α-hetero) is 1. The van der Waals surface area contributed by atoms with Crippen LogP contribution in [0.1, 0.15) is 25.7 Å². The van der Waals surface area contributed by atoms with Gasteiger partial charge in [0, 0.05) is 12.8 Å². The fourth-order valence-corrected chi connectivity index (χ4v) is 1.65. The van der Waals surface area contributed by atoms with Gasteiger partial charge in [-0.15, -0.1) is 6.58 Å². The van der Waals surface area contributed by atoms with E-state index in [2.05, 4.69) is 13.2 Å². The third-order valence-electron chi connectivity index (χ3n) is 2.52. The van der Waals surface area contributed by atoms with Crippen LogP contribution < -0.4 is 0 Å². The zero-order chi connectivity index (χ0) is 11.3. The maximum absolute atomic E-state index is 11.6. The molecule has 1 aliphatic rings. The van der Waals surface area contributed by atoms with E-state index in [-0.39, 0.29) is 11.9 Å². The highest BCUT2D eigenvalue weighted by atomic mass is 16.5. The molecule has 1 saturated carbocycles. The van der Waals surface area contributed by atoms with Crippen molar-refractivity contribution in [2.75, 3.05) is 0 Å². The van der Waals surface area contributed by atoms with E-state index in [0.717, 1.165) is 6.42 Å². The summed E-state index contributed by atoms with van der Waals surface area (Å²) < 4.78 is 5.15. The van der Waals surface area contributed by atoms with E-state index in [1.165, 1.54) is 0 Å². The molecule has 3 heteroatoms. The minimum absolute atomic E-state index is 0.00131. The molecule has 0 aromatic rings. The lowest BCUT2D eigenvalue weighted by molar-refractivity contribution is -0.153. The van der Waals surface area contributed by atoms with E-state index in [1.807, 2.05) is 0 Å². The van der Waals surface area contributed by atoms with Gasteiger partial charge in [-0.05, 0) is 12.8 Å². The largest absolute Gasteiger partial charge is 0.457 e. The molecule has 0 spiro atoms. The zero-order valence-electron chi connectivity index (χ0n) is 8.78. The number of ether oxygens (including phenoxy) is 1. The lowest BCUT2D eigenvalue weighted by atomic mass is 10.1. The van der Waals surface area contributed by atoms with Crippen LogP contribution in [0.2, 0.25) is 0 Å². The summed E-state index contributed by atoms with van der Waals surface area (Å²) in [5.41, 5.74) is 0. The second-order valence-corrected chi connectivity index (χ2v) is 3.65. The van der Waals surface area contributed by atoms with E-state index in [4.69, 9.17) is 4.74 Å². The Labute approximate surface area is 89.8 Å². The Bertz CT molecular complexity index is 281. The fraction of sp³-hybridized carbons (Fsp3) is 0.500. The Balaban J connectivity index is 2.49. The van der Waals surface area contributed by atoms with Crippen molar-refractivity contribution >= 4 is 11.8 Å². The normalized spacial score (nSPS) is 22.1. The number of esters is 1. The molecule has 1 fully saturated rings. The van der Waals surface area contributed by atoms with Crippen molar-refractivity contribution in [1.82, 2.24) is 0 Å². The van der Waals surface area contributed by atoms with Crippen LogP contribution >= 0.6 is 0 Å². The van der Waals surface area contributed by atoms with Crippen LogP contribution in [-0.4, -0.2) is 17.9 Å². The number of carbonyl (C=O) groups excluding carboxylic acids is 2. The molecule has 0 aromatic carbocycles. The highest BCUT2D eigenvalue weighted by molar-refractivity contribution is 6.00. The number of hydrogen-bond donors (Lipinski definition) is 0. The molecule has 0 N–H and O–H groups in total. The Kier molecular flexibility index (Phi) is 4.28. The first-order chi connectivity index (χ1) is 7.19.